The first-order valence-corrected chi connectivity index (χ1v) is 6.10. The molecule has 0 heterocycles. The van der Waals surface area contributed by atoms with Gasteiger partial charge in [0, 0.05) is 5.69 Å². The fraction of sp³-hybridized carbons (Fsp3) is 0.222. The molecule has 1 aromatic carbocycles. The molecule has 15 heavy (non-hydrogen) atoms. The summed E-state index contributed by atoms with van der Waals surface area (Å²) in [5.74, 6) is 0. The van der Waals surface area contributed by atoms with E-state index in [2.05, 4.69) is 4.72 Å². The molecule has 6 heteroatoms. The van der Waals surface area contributed by atoms with Crippen LogP contribution in [0.15, 0.2) is 24.3 Å². The molecule has 0 saturated heterocycles. The minimum atomic E-state index is -3.31. The summed E-state index contributed by atoms with van der Waals surface area (Å²) in [6.07, 6.45) is 1.65. The van der Waals surface area contributed by atoms with E-state index in [1.807, 2.05) is 0 Å². The largest absolute Gasteiger partial charge is 0.318 e. The van der Waals surface area contributed by atoms with Crippen molar-refractivity contribution >= 4 is 22.0 Å². The van der Waals surface area contributed by atoms with E-state index in [0.29, 0.717) is 17.5 Å². The van der Waals surface area contributed by atoms with Crippen LogP contribution in [-0.2, 0) is 14.8 Å². The zero-order valence-corrected chi connectivity index (χ0v) is 8.99. The van der Waals surface area contributed by atoms with Crippen molar-refractivity contribution in [1.29, 1.82) is 0 Å². The van der Waals surface area contributed by atoms with Crippen LogP contribution in [0.1, 0.15) is 11.6 Å². The number of carbonyl (C=O) groups is 1. The molecule has 0 radical (unpaired) electrons. The predicted molar refractivity (Wildman–Crippen MR) is 57.9 cm³/mol. The highest BCUT2D eigenvalue weighted by Gasteiger charge is 2.06. The number of carbonyl (C=O) groups excluding carboxylic acids is 1. The minimum absolute atomic E-state index is 0.396. The minimum Gasteiger partial charge on any atom is -0.318 e. The van der Waals surface area contributed by atoms with Crippen molar-refractivity contribution in [1.82, 2.24) is 0 Å². The molecule has 0 saturated carbocycles. The van der Waals surface area contributed by atoms with Crippen molar-refractivity contribution in [2.24, 2.45) is 5.73 Å². The summed E-state index contributed by atoms with van der Waals surface area (Å²) in [6.45, 7) is 0. The lowest BCUT2D eigenvalue weighted by Gasteiger charge is -2.08. The summed E-state index contributed by atoms with van der Waals surface area (Å²) in [6, 6.07) is 5.67. The van der Waals surface area contributed by atoms with E-state index in [1.54, 1.807) is 18.2 Å². The predicted octanol–water partition coefficient (Wildman–Crippen LogP) is 0.257. The SMILES string of the molecule is CS(=O)(=O)Nc1cccc(C(N)C=O)c1. The smallest absolute Gasteiger partial charge is 0.229 e. The van der Waals surface area contributed by atoms with Crippen LogP contribution in [0, 0.1) is 0 Å². The van der Waals surface area contributed by atoms with E-state index in [4.69, 9.17) is 5.73 Å². The maximum Gasteiger partial charge on any atom is 0.229 e. The fourth-order valence-corrected chi connectivity index (χ4v) is 1.66. The average molecular weight is 228 g/mol. The van der Waals surface area contributed by atoms with E-state index in [1.165, 1.54) is 6.07 Å². The molecule has 5 nitrogen and oxygen atoms in total. The molecule has 0 aliphatic heterocycles. The van der Waals surface area contributed by atoms with Crippen molar-refractivity contribution in [2.45, 2.75) is 6.04 Å². The maximum absolute atomic E-state index is 10.9. The van der Waals surface area contributed by atoms with Crippen LogP contribution in [-0.4, -0.2) is 21.0 Å². The lowest BCUT2D eigenvalue weighted by atomic mass is 10.1. The Balaban J connectivity index is 2.98. The number of hydrogen-bond acceptors (Lipinski definition) is 4. The van der Waals surface area contributed by atoms with Gasteiger partial charge in [0.05, 0.1) is 12.3 Å². The standard InChI is InChI=1S/C9H12N2O3S/c1-15(13,14)11-8-4-2-3-7(5-8)9(10)6-12/h2-6,9,11H,10H2,1H3. The second-order valence-corrected chi connectivity index (χ2v) is 4.91. The Labute approximate surface area is 88.3 Å². The van der Waals surface area contributed by atoms with Gasteiger partial charge in [-0.05, 0) is 17.7 Å². The molecule has 0 aromatic heterocycles. The zero-order valence-electron chi connectivity index (χ0n) is 8.17. The van der Waals surface area contributed by atoms with E-state index in [9.17, 15) is 13.2 Å². The van der Waals surface area contributed by atoms with Gasteiger partial charge in [0.2, 0.25) is 10.0 Å². The number of anilines is 1. The Morgan fingerprint density at radius 1 is 1.47 bits per heavy atom. The van der Waals surface area contributed by atoms with Crippen LogP contribution in [0.25, 0.3) is 0 Å². The molecule has 0 amide bonds. The molecule has 0 fully saturated rings. The molecule has 1 rings (SSSR count). The van der Waals surface area contributed by atoms with Gasteiger partial charge in [-0.25, -0.2) is 8.42 Å². The van der Waals surface area contributed by atoms with Crippen LogP contribution >= 0.6 is 0 Å². The second-order valence-electron chi connectivity index (χ2n) is 3.16. The average Bonchev–Trinajstić information content (AvgIpc) is 2.14. The number of hydrogen-bond donors (Lipinski definition) is 2. The van der Waals surface area contributed by atoms with Crippen molar-refractivity contribution in [3.05, 3.63) is 29.8 Å². The number of rotatable bonds is 4. The van der Waals surface area contributed by atoms with Crippen molar-refractivity contribution in [3.63, 3.8) is 0 Å². The normalized spacial score (nSPS) is 13.2. The van der Waals surface area contributed by atoms with E-state index >= 15 is 0 Å². The van der Waals surface area contributed by atoms with Gasteiger partial charge in [-0.15, -0.1) is 0 Å². The molecule has 1 atom stereocenters. The zero-order chi connectivity index (χ0) is 11.5. The first kappa shape index (κ1) is 11.7. The van der Waals surface area contributed by atoms with Gasteiger partial charge in [-0.2, -0.15) is 0 Å². The fourth-order valence-electron chi connectivity index (χ4n) is 1.10. The Kier molecular flexibility index (Phi) is 3.43. The van der Waals surface area contributed by atoms with Crippen LogP contribution in [0.4, 0.5) is 5.69 Å². The molecular weight excluding hydrogens is 216 g/mol. The van der Waals surface area contributed by atoms with E-state index in [-0.39, 0.29) is 0 Å². The lowest BCUT2D eigenvalue weighted by molar-refractivity contribution is -0.109. The Bertz CT molecular complexity index is 456. The van der Waals surface area contributed by atoms with Crippen molar-refractivity contribution in [3.8, 4) is 0 Å². The number of aldehydes is 1. The summed E-state index contributed by atoms with van der Waals surface area (Å²) in [7, 11) is -3.31. The lowest BCUT2D eigenvalue weighted by Crippen LogP contribution is -2.13. The van der Waals surface area contributed by atoms with Crippen LogP contribution in [0.3, 0.4) is 0 Å². The van der Waals surface area contributed by atoms with Crippen LogP contribution in [0.5, 0.6) is 0 Å². The maximum atomic E-state index is 10.9. The van der Waals surface area contributed by atoms with Crippen molar-refractivity contribution in [2.75, 3.05) is 11.0 Å². The van der Waals surface area contributed by atoms with E-state index in [0.717, 1.165) is 6.26 Å². The van der Waals surface area contributed by atoms with Gasteiger partial charge in [0.25, 0.3) is 0 Å². The van der Waals surface area contributed by atoms with Gasteiger partial charge in [0.1, 0.15) is 6.29 Å². The second kappa shape index (κ2) is 4.41. The van der Waals surface area contributed by atoms with E-state index < -0.39 is 16.1 Å². The molecule has 1 aromatic rings. The highest BCUT2D eigenvalue weighted by atomic mass is 32.2. The van der Waals surface area contributed by atoms with Gasteiger partial charge in [-0.3, -0.25) is 4.72 Å². The van der Waals surface area contributed by atoms with Gasteiger partial charge in [-0.1, -0.05) is 12.1 Å². The van der Waals surface area contributed by atoms with Crippen LogP contribution < -0.4 is 10.5 Å². The van der Waals surface area contributed by atoms with Gasteiger partial charge in [0.15, 0.2) is 0 Å². The molecule has 0 aliphatic rings. The van der Waals surface area contributed by atoms with Crippen LogP contribution in [0.2, 0.25) is 0 Å². The monoisotopic (exact) mass is 228 g/mol. The summed E-state index contributed by atoms with van der Waals surface area (Å²) >= 11 is 0. The van der Waals surface area contributed by atoms with Gasteiger partial charge >= 0.3 is 0 Å². The highest BCUT2D eigenvalue weighted by molar-refractivity contribution is 7.92. The number of sulfonamides is 1. The summed E-state index contributed by atoms with van der Waals surface area (Å²) in [4.78, 5) is 10.4. The summed E-state index contributed by atoms with van der Waals surface area (Å²) < 4.78 is 24.2. The molecule has 82 valence electrons. The Morgan fingerprint density at radius 2 is 2.13 bits per heavy atom. The third-order valence-electron chi connectivity index (χ3n) is 1.72. The number of benzene rings is 1. The molecule has 0 bridgehead atoms. The number of nitrogens with two attached hydrogens (primary N) is 1. The summed E-state index contributed by atoms with van der Waals surface area (Å²) in [5, 5.41) is 0. The molecule has 0 spiro atoms. The summed E-state index contributed by atoms with van der Waals surface area (Å²) in [5.41, 5.74) is 6.45. The van der Waals surface area contributed by atoms with Gasteiger partial charge < -0.3 is 10.5 Å². The number of nitrogens with one attached hydrogen (secondary N) is 1. The first-order chi connectivity index (χ1) is 6.92. The first-order valence-electron chi connectivity index (χ1n) is 4.21. The molecule has 0 aliphatic carbocycles. The Hall–Kier alpha value is -1.40. The quantitative estimate of drug-likeness (QED) is 0.723. The molecule has 3 N–H and O–H groups in total. The topological polar surface area (TPSA) is 89.3 Å². The molecular formula is C9H12N2O3S. The third-order valence-corrected chi connectivity index (χ3v) is 2.33. The highest BCUT2D eigenvalue weighted by Crippen LogP contribution is 2.15. The molecule has 1 unspecified atom stereocenters. The third kappa shape index (κ3) is 3.69. The van der Waals surface area contributed by atoms with Crippen molar-refractivity contribution < 1.29 is 13.2 Å². The Morgan fingerprint density at radius 3 is 2.67 bits per heavy atom.